The van der Waals surface area contributed by atoms with Crippen molar-refractivity contribution in [2.75, 3.05) is 37.8 Å². The second kappa shape index (κ2) is 8.21. The molecule has 3 rings (SSSR count). The van der Waals surface area contributed by atoms with Gasteiger partial charge in [0.15, 0.2) is 0 Å². The molecule has 0 atom stereocenters. The van der Waals surface area contributed by atoms with Gasteiger partial charge in [0.2, 0.25) is 0 Å². The van der Waals surface area contributed by atoms with E-state index < -0.39 is 0 Å². The van der Waals surface area contributed by atoms with Gasteiger partial charge in [0.05, 0.1) is 5.69 Å². The van der Waals surface area contributed by atoms with E-state index in [0.717, 1.165) is 36.8 Å². The van der Waals surface area contributed by atoms with Crippen LogP contribution in [0.3, 0.4) is 0 Å². The van der Waals surface area contributed by atoms with Crippen LogP contribution in [0.1, 0.15) is 11.3 Å². The van der Waals surface area contributed by atoms with Crippen molar-refractivity contribution in [3.05, 3.63) is 47.9 Å². The van der Waals surface area contributed by atoms with Gasteiger partial charge < -0.3 is 14.7 Å². The van der Waals surface area contributed by atoms with Crippen molar-refractivity contribution in [3.63, 3.8) is 0 Å². The average Bonchev–Trinajstić information content (AvgIpc) is 3.09. The number of rotatable bonds is 5. The predicted molar refractivity (Wildman–Crippen MR) is 96.0 cm³/mol. The quantitative estimate of drug-likeness (QED) is 0.902. The van der Waals surface area contributed by atoms with E-state index in [9.17, 15) is 4.79 Å². The minimum atomic E-state index is -0.0302. The number of urea groups is 1. The second-order valence-corrected chi connectivity index (χ2v) is 6.68. The van der Waals surface area contributed by atoms with Crippen LogP contribution in [0, 0.1) is 0 Å². The molecule has 1 fully saturated rings. The van der Waals surface area contributed by atoms with Gasteiger partial charge in [-0.25, -0.2) is 4.79 Å². The van der Waals surface area contributed by atoms with Gasteiger partial charge in [-0.05, 0) is 24.0 Å². The van der Waals surface area contributed by atoms with Crippen LogP contribution in [0.4, 0.5) is 10.5 Å². The first-order valence-corrected chi connectivity index (χ1v) is 9.39. The summed E-state index contributed by atoms with van der Waals surface area (Å²) in [6, 6.07) is 9.88. The molecule has 0 radical (unpaired) electrons. The lowest BCUT2D eigenvalue weighted by atomic mass is 10.2. The molecule has 0 aliphatic carbocycles. The summed E-state index contributed by atoms with van der Waals surface area (Å²) in [6.07, 6.45) is 3.66. The Kier molecular flexibility index (Phi) is 5.77. The number of nitrogens with zero attached hydrogens (tertiary/aromatic N) is 3. The Bertz CT molecular complexity index is 654. The second-order valence-electron chi connectivity index (χ2n) is 5.82. The summed E-state index contributed by atoms with van der Waals surface area (Å²) in [4.78, 5) is 16.6. The Morgan fingerprint density at radius 3 is 2.83 bits per heavy atom. The van der Waals surface area contributed by atoms with E-state index in [1.165, 1.54) is 5.56 Å². The highest BCUT2D eigenvalue weighted by Crippen LogP contribution is 2.16. The number of anilines is 1. The Hall–Kier alpha value is -1.99. The maximum atomic E-state index is 12.4. The SMILES string of the molecule is CSCc1cccc(NC(=O)N2CCN(Cc3ccon3)CC2)c1. The normalized spacial score (nSPS) is 15.5. The van der Waals surface area contributed by atoms with Crippen molar-refractivity contribution in [1.82, 2.24) is 15.0 Å². The molecule has 7 heteroatoms. The first-order valence-electron chi connectivity index (χ1n) is 8.00. The zero-order valence-electron chi connectivity index (χ0n) is 13.8. The van der Waals surface area contributed by atoms with Crippen LogP contribution in [0.15, 0.2) is 41.1 Å². The highest BCUT2D eigenvalue weighted by molar-refractivity contribution is 7.97. The van der Waals surface area contributed by atoms with Gasteiger partial charge in [-0.2, -0.15) is 11.8 Å². The van der Waals surface area contributed by atoms with Crippen LogP contribution in [0.5, 0.6) is 0 Å². The third-order valence-electron chi connectivity index (χ3n) is 4.03. The van der Waals surface area contributed by atoms with Gasteiger partial charge in [-0.1, -0.05) is 17.3 Å². The summed E-state index contributed by atoms with van der Waals surface area (Å²) in [6.45, 7) is 3.88. The molecule has 0 unspecified atom stereocenters. The summed E-state index contributed by atoms with van der Waals surface area (Å²) >= 11 is 1.77. The molecule has 128 valence electrons. The summed E-state index contributed by atoms with van der Waals surface area (Å²) in [5.41, 5.74) is 3.01. The van der Waals surface area contributed by atoms with Crippen LogP contribution >= 0.6 is 11.8 Å². The highest BCUT2D eigenvalue weighted by atomic mass is 32.2. The lowest BCUT2D eigenvalue weighted by Crippen LogP contribution is -2.49. The Balaban J connectivity index is 1.49. The number of thioether (sulfide) groups is 1. The number of carbonyl (C=O) groups is 1. The number of amides is 2. The van der Waals surface area contributed by atoms with Crippen molar-refractivity contribution >= 4 is 23.5 Å². The number of piperazine rings is 1. The van der Waals surface area contributed by atoms with Crippen molar-refractivity contribution in [3.8, 4) is 0 Å². The lowest BCUT2D eigenvalue weighted by Gasteiger charge is -2.34. The molecule has 1 aromatic heterocycles. The number of nitrogens with one attached hydrogen (secondary N) is 1. The maximum absolute atomic E-state index is 12.4. The van der Waals surface area contributed by atoms with Crippen molar-refractivity contribution in [1.29, 1.82) is 0 Å². The first-order chi connectivity index (χ1) is 11.7. The lowest BCUT2D eigenvalue weighted by molar-refractivity contribution is 0.141. The minimum Gasteiger partial charge on any atom is -0.364 e. The van der Waals surface area contributed by atoms with E-state index in [2.05, 4.69) is 27.7 Å². The number of carbonyl (C=O) groups excluding carboxylic acids is 1. The van der Waals surface area contributed by atoms with E-state index in [1.807, 2.05) is 29.2 Å². The van der Waals surface area contributed by atoms with Crippen molar-refractivity contribution in [2.45, 2.75) is 12.3 Å². The van der Waals surface area contributed by atoms with Crippen molar-refractivity contribution < 1.29 is 9.32 Å². The molecule has 1 aliphatic heterocycles. The van der Waals surface area contributed by atoms with Gasteiger partial charge >= 0.3 is 6.03 Å². The van der Waals surface area contributed by atoms with Crippen molar-refractivity contribution in [2.24, 2.45) is 0 Å². The number of hydrogen-bond donors (Lipinski definition) is 1. The molecule has 6 nitrogen and oxygen atoms in total. The molecule has 2 heterocycles. The van der Waals surface area contributed by atoms with Crippen LogP contribution < -0.4 is 5.32 Å². The molecule has 0 spiro atoms. The topological polar surface area (TPSA) is 61.6 Å². The monoisotopic (exact) mass is 346 g/mol. The molecule has 1 saturated heterocycles. The molecule has 2 aromatic rings. The smallest absolute Gasteiger partial charge is 0.321 e. The van der Waals surface area contributed by atoms with E-state index in [1.54, 1.807) is 18.0 Å². The molecule has 0 bridgehead atoms. The largest absolute Gasteiger partial charge is 0.364 e. The van der Waals surface area contributed by atoms with Gasteiger partial charge in [0, 0.05) is 50.2 Å². The van der Waals surface area contributed by atoms with Gasteiger partial charge in [-0.15, -0.1) is 0 Å². The Morgan fingerprint density at radius 2 is 2.12 bits per heavy atom. The first kappa shape index (κ1) is 16.9. The van der Waals surface area contributed by atoms with E-state index in [-0.39, 0.29) is 6.03 Å². The fraction of sp³-hybridized carbons (Fsp3) is 0.412. The molecule has 24 heavy (non-hydrogen) atoms. The number of hydrogen-bond acceptors (Lipinski definition) is 5. The molecule has 2 amide bonds. The maximum Gasteiger partial charge on any atom is 0.321 e. The molecule has 1 N–H and O–H groups in total. The average molecular weight is 346 g/mol. The van der Waals surface area contributed by atoms with Gasteiger partial charge in [0.1, 0.15) is 6.26 Å². The fourth-order valence-corrected chi connectivity index (χ4v) is 3.28. The third-order valence-corrected chi connectivity index (χ3v) is 4.65. The molecular weight excluding hydrogens is 324 g/mol. The summed E-state index contributed by atoms with van der Waals surface area (Å²) in [5, 5.41) is 6.94. The van der Waals surface area contributed by atoms with Crippen LogP contribution in [-0.4, -0.2) is 53.4 Å². The molecular formula is C17H22N4O2S. The predicted octanol–water partition coefficient (Wildman–Crippen LogP) is 2.89. The van der Waals surface area contributed by atoms with Crippen LogP contribution in [0.2, 0.25) is 0 Å². The Morgan fingerprint density at radius 1 is 1.29 bits per heavy atom. The van der Waals surface area contributed by atoms with E-state index in [4.69, 9.17) is 4.52 Å². The molecule has 0 saturated carbocycles. The fourth-order valence-electron chi connectivity index (χ4n) is 2.77. The van der Waals surface area contributed by atoms with Crippen LogP contribution in [0.25, 0.3) is 0 Å². The van der Waals surface area contributed by atoms with Crippen LogP contribution in [-0.2, 0) is 12.3 Å². The summed E-state index contributed by atoms with van der Waals surface area (Å²) in [7, 11) is 0. The van der Waals surface area contributed by atoms with Gasteiger partial charge in [-0.3, -0.25) is 4.90 Å². The molecule has 1 aliphatic rings. The standard InChI is InChI=1S/C17H22N4O2S/c1-24-13-14-3-2-4-15(11-14)18-17(22)21-8-6-20(7-9-21)12-16-5-10-23-19-16/h2-5,10-11H,6-9,12-13H2,1H3,(H,18,22). The van der Waals surface area contributed by atoms with E-state index in [0.29, 0.717) is 13.1 Å². The summed E-state index contributed by atoms with van der Waals surface area (Å²) < 4.78 is 4.86. The Labute approximate surface area is 146 Å². The zero-order chi connectivity index (χ0) is 16.8. The molecule has 1 aromatic carbocycles. The zero-order valence-corrected chi connectivity index (χ0v) is 14.6. The minimum absolute atomic E-state index is 0.0302. The van der Waals surface area contributed by atoms with E-state index >= 15 is 0 Å². The number of aromatic nitrogens is 1. The highest BCUT2D eigenvalue weighted by Gasteiger charge is 2.21. The summed E-state index contributed by atoms with van der Waals surface area (Å²) in [5.74, 6) is 0.949. The third kappa shape index (κ3) is 4.52. The number of benzene rings is 1. The van der Waals surface area contributed by atoms with Gasteiger partial charge in [0.25, 0.3) is 0 Å².